The number of benzene rings is 2. The molecule has 0 saturated heterocycles. The summed E-state index contributed by atoms with van der Waals surface area (Å²) in [5, 5.41) is 3.23. The zero-order valence-electron chi connectivity index (χ0n) is 15.3. The SMILES string of the molecule is CCC(=O)Nc1ccc(C(=O)CSc2nc(C(F)(F)F)nc3ccccc23)cc1. The molecule has 0 saturated carbocycles. The number of ketones is 1. The van der Waals surface area contributed by atoms with Crippen molar-refractivity contribution in [1.29, 1.82) is 0 Å². The Morgan fingerprint density at radius 2 is 1.72 bits per heavy atom. The van der Waals surface area contributed by atoms with Gasteiger partial charge in [0.2, 0.25) is 11.7 Å². The number of rotatable bonds is 6. The lowest BCUT2D eigenvalue weighted by Crippen LogP contribution is -2.12. The number of nitrogens with one attached hydrogen (secondary N) is 1. The fraction of sp³-hybridized carbons (Fsp3) is 0.200. The average Bonchev–Trinajstić information content (AvgIpc) is 2.71. The highest BCUT2D eigenvalue weighted by Crippen LogP contribution is 2.32. The van der Waals surface area contributed by atoms with E-state index in [1.807, 2.05) is 0 Å². The molecule has 9 heteroatoms. The number of fused-ring (bicyclic) bond motifs is 1. The van der Waals surface area contributed by atoms with E-state index in [4.69, 9.17) is 0 Å². The molecule has 2 aromatic carbocycles. The van der Waals surface area contributed by atoms with Gasteiger partial charge in [0.25, 0.3) is 0 Å². The molecule has 3 rings (SSSR count). The standard InChI is InChI=1S/C20H16F3N3O2S/c1-2-17(28)24-13-9-7-12(8-10-13)16(27)11-29-18-14-5-3-4-6-15(14)25-19(26-18)20(21,22)23/h3-10H,2,11H2,1H3,(H,24,28). The maximum Gasteiger partial charge on any atom is 0.451 e. The number of thioether (sulfide) groups is 1. The van der Waals surface area contributed by atoms with E-state index in [-0.39, 0.29) is 28.0 Å². The second kappa shape index (κ2) is 8.60. The Bertz CT molecular complexity index is 1050. The first-order valence-electron chi connectivity index (χ1n) is 8.68. The highest BCUT2D eigenvalue weighted by atomic mass is 32.2. The maximum absolute atomic E-state index is 13.1. The lowest BCUT2D eigenvalue weighted by atomic mass is 10.1. The normalized spacial score (nSPS) is 11.4. The van der Waals surface area contributed by atoms with Crippen LogP contribution in [0.25, 0.3) is 10.9 Å². The predicted octanol–water partition coefficient (Wildman–Crippen LogP) is 4.97. The van der Waals surface area contributed by atoms with E-state index in [1.165, 1.54) is 6.07 Å². The zero-order valence-corrected chi connectivity index (χ0v) is 16.1. The molecule has 0 spiro atoms. The minimum absolute atomic E-state index is 0.0844. The molecular weight excluding hydrogens is 403 g/mol. The first kappa shape index (κ1) is 20.8. The number of halogens is 3. The van der Waals surface area contributed by atoms with Crippen molar-refractivity contribution in [3.63, 3.8) is 0 Å². The first-order chi connectivity index (χ1) is 13.8. The van der Waals surface area contributed by atoms with Crippen molar-refractivity contribution in [2.75, 3.05) is 11.1 Å². The van der Waals surface area contributed by atoms with Gasteiger partial charge in [-0.2, -0.15) is 13.2 Å². The van der Waals surface area contributed by atoms with Crippen LogP contribution in [0.15, 0.2) is 53.6 Å². The summed E-state index contributed by atoms with van der Waals surface area (Å²) in [6.45, 7) is 1.73. The third kappa shape index (κ3) is 5.11. The number of carbonyl (C=O) groups is 2. The van der Waals surface area contributed by atoms with Crippen molar-refractivity contribution >= 4 is 40.0 Å². The summed E-state index contributed by atoms with van der Waals surface area (Å²) in [7, 11) is 0. The van der Waals surface area contributed by atoms with Gasteiger partial charge in [-0.05, 0) is 30.3 Å². The smallest absolute Gasteiger partial charge is 0.326 e. The van der Waals surface area contributed by atoms with Gasteiger partial charge in [-0.15, -0.1) is 0 Å². The topological polar surface area (TPSA) is 72.0 Å². The third-order valence-corrected chi connectivity index (χ3v) is 4.96. The molecule has 0 atom stereocenters. The number of hydrogen-bond acceptors (Lipinski definition) is 5. The van der Waals surface area contributed by atoms with E-state index >= 15 is 0 Å². The van der Waals surface area contributed by atoms with E-state index in [2.05, 4.69) is 15.3 Å². The van der Waals surface area contributed by atoms with Crippen molar-refractivity contribution in [2.24, 2.45) is 0 Å². The second-order valence-corrected chi connectivity index (χ2v) is 7.02. The van der Waals surface area contributed by atoms with Crippen molar-refractivity contribution in [3.05, 3.63) is 59.9 Å². The minimum Gasteiger partial charge on any atom is -0.326 e. The van der Waals surface area contributed by atoms with Gasteiger partial charge < -0.3 is 5.32 Å². The van der Waals surface area contributed by atoms with Crippen LogP contribution in [0, 0.1) is 0 Å². The van der Waals surface area contributed by atoms with Crippen LogP contribution >= 0.6 is 11.8 Å². The van der Waals surface area contributed by atoms with Crippen LogP contribution in [-0.4, -0.2) is 27.4 Å². The Kier molecular flexibility index (Phi) is 6.17. The molecule has 1 heterocycles. The van der Waals surface area contributed by atoms with Crippen molar-refractivity contribution in [3.8, 4) is 0 Å². The molecule has 0 unspecified atom stereocenters. The number of anilines is 1. The number of alkyl halides is 3. The summed E-state index contributed by atoms with van der Waals surface area (Å²) in [5.74, 6) is -1.73. The van der Waals surface area contributed by atoms with E-state index in [0.29, 0.717) is 23.1 Å². The number of carbonyl (C=O) groups excluding carboxylic acids is 2. The Labute approximate surface area is 168 Å². The van der Waals surface area contributed by atoms with Crippen LogP contribution in [0.5, 0.6) is 0 Å². The Morgan fingerprint density at radius 3 is 2.38 bits per heavy atom. The molecule has 3 aromatic rings. The van der Waals surface area contributed by atoms with Gasteiger partial charge in [0.1, 0.15) is 5.03 Å². The van der Waals surface area contributed by atoms with E-state index < -0.39 is 12.0 Å². The predicted molar refractivity (Wildman–Crippen MR) is 105 cm³/mol. The number of nitrogens with zero attached hydrogens (tertiary/aromatic N) is 2. The fourth-order valence-corrected chi connectivity index (χ4v) is 3.40. The Balaban J connectivity index is 1.78. The van der Waals surface area contributed by atoms with Crippen LogP contribution in [0.2, 0.25) is 0 Å². The summed E-state index contributed by atoms with van der Waals surface area (Å²) in [4.78, 5) is 31.0. The summed E-state index contributed by atoms with van der Waals surface area (Å²) >= 11 is 0.931. The molecule has 0 aliphatic heterocycles. The van der Waals surface area contributed by atoms with Crippen LogP contribution in [0.1, 0.15) is 29.5 Å². The van der Waals surface area contributed by atoms with E-state index in [1.54, 1.807) is 49.4 Å². The highest BCUT2D eigenvalue weighted by molar-refractivity contribution is 8.00. The molecule has 29 heavy (non-hydrogen) atoms. The summed E-state index contributed by atoms with van der Waals surface area (Å²) in [6, 6.07) is 12.7. The monoisotopic (exact) mass is 419 g/mol. The van der Waals surface area contributed by atoms with Crippen LogP contribution in [0.3, 0.4) is 0 Å². The fourth-order valence-electron chi connectivity index (χ4n) is 2.49. The molecule has 0 bridgehead atoms. The highest BCUT2D eigenvalue weighted by Gasteiger charge is 2.35. The number of hydrogen-bond donors (Lipinski definition) is 1. The van der Waals surface area contributed by atoms with E-state index in [0.717, 1.165) is 11.8 Å². The summed E-state index contributed by atoms with van der Waals surface area (Å²) < 4.78 is 39.2. The minimum atomic E-state index is -4.68. The van der Waals surface area contributed by atoms with Gasteiger partial charge in [-0.25, -0.2) is 9.97 Å². The zero-order chi connectivity index (χ0) is 21.0. The van der Waals surface area contributed by atoms with Gasteiger partial charge in [0.05, 0.1) is 11.3 Å². The van der Waals surface area contributed by atoms with Gasteiger partial charge in [0.15, 0.2) is 5.78 Å². The molecule has 0 fully saturated rings. The largest absolute Gasteiger partial charge is 0.451 e. The van der Waals surface area contributed by atoms with Crippen LogP contribution in [0.4, 0.5) is 18.9 Å². The van der Waals surface area contributed by atoms with E-state index in [9.17, 15) is 22.8 Å². The van der Waals surface area contributed by atoms with Gasteiger partial charge in [0, 0.05) is 23.1 Å². The lowest BCUT2D eigenvalue weighted by Gasteiger charge is -2.10. The molecule has 1 N–H and O–H groups in total. The molecule has 0 aliphatic rings. The van der Waals surface area contributed by atoms with Crippen LogP contribution in [-0.2, 0) is 11.0 Å². The molecule has 150 valence electrons. The van der Waals surface area contributed by atoms with Gasteiger partial charge in [-0.3, -0.25) is 9.59 Å². The molecule has 1 aromatic heterocycles. The Hall–Kier alpha value is -2.94. The summed E-state index contributed by atoms with van der Waals surface area (Å²) in [5.41, 5.74) is 1.12. The number of Topliss-reactive ketones (excluding diaryl/α,β-unsaturated/α-hetero) is 1. The molecule has 1 amide bonds. The van der Waals surface area contributed by atoms with Gasteiger partial charge >= 0.3 is 6.18 Å². The Morgan fingerprint density at radius 1 is 1.03 bits per heavy atom. The first-order valence-corrected chi connectivity index (χ1v) is 9.66. The second-order valence-electron chi connectivity index (χ2n) is 6.06. The van der Waals surface area contributed by atoms with Crippen molar-refractivity contribution < 1.29 is 22.8 Å². The van der Waals surface area contributed by atoms with Crippen molar-refractivity contribution in [2.45, 2.75) is 24.5 Å². The lowest BCUT2D eigenvalue weighted by molar-refractivity contribution is -0.145. The number of amides is 1. The summed E-state index contributed by atoms with van der Waals surface area (Å²) in [6.07, 6.45) is -4.34. The van der Waals surface area contributed by atoms with Crippen molar-refractivity contribution in [1.82, 2.24) is 9.97 Å². The van der Waals surface area contributed by atoms with Gasteiger partial charge in [-0.1, -0.05) is 36.9 Å². The maximum atomic E-state index is 13.1. The molecule has 0 radical (unpaired) electrons. The molecule has 0 aliphatic carbocycles. The number of para-hydroxylation sites is 1. The molecule has 5 nitrogen and oxygen atoms in total. The number of aromatic nitrogens is 2. The third-order valence-electron chi connectivity index (χ3n) is 3.97. The quantitative estimate of drug-likeness (QED) is 0.347. The average molecular weight is 419 g/mol. The molecular formula is C20H16F3N3O2S. The van der Waals surface area contributed by atoms with Crippen LogP contribution < -0.4 is 5.32 Å².